The van der Waals surface area contributed by atoms with E-state index >= 15 is 0 Å². The largest absolute Gasteiger partial charge is 0.304 e. The minimum absolute atomic E-state index is 0.0963. The van der Waals surface area contributed by atoms with Gasteiger partial charge in [0.2, 0.25) is 0 Å². The van der Waals surface area contributed by atoms with Crippen molar-refractivity contribution >= 4 is 11.6 Å². The van der Waals surface area contributed by atoms with Crippen molar-refractivity contribution in [1.29, 1.82) is 0 Å². The Morgan fingerprint density at radius 1 is 1.30 bits per heavy atom. The van der Waals surface area contributed by atoms with Gasteiger partial charge in [0.05, 0.1) is 34.8 Å². The molecule has 0 aromatic carbocycles. The fraction of sp³-hybridized carbons (Fsp3) is 0.500. The number of nitrogens with one attached hydrogen (secondary N) is 1. The average molecular weight is 294 g/mol. The highest BCUT2D eigenvalue weighted by Gasteiger charge is 2.24. The average Bonchev–Trinajstić information content (AvgIpc) is 2.83. The van der Waals surface area contributed by atoms with E-state index in [0.29, 0.717) is 5.02 Å². The molecule has 108 valence electrons. The van der Waals surface area contributed by atoms with E-state index < -0.39 is 0 Å². The summed E-state index contributed by atoms with van der Waals surface area (Å²) in [5.41, 5.74) is 1.79. The predicted octanol–water partition coefficient (Wildman–Crippen LogP) is 3.00. The Bertz CT molecular complexity index is 538. The number of aromatic nitrogens is 4. The lowest BCUT2D eigenvalue weighted by atomic mass is 10.1. The van der Waals surface area contributed by atoms with Crippen molar-refractivity contribution in [2.75, 3.05) is 6.54 Å². The molecule has 0 aliphatic carbocycles. The smallest absolute Gasteiger partial charge is 0.0953 e. The monoisotopic (exact) mass is 293 g/mol. The summed E-state index contributed by atoms with van der Waals surface area (Å²) in [5, 5.41) is 8.49. The lowest BCUT2D eigenvalue weighted by Gasteiger charge is -2.21. The van der Waals surface area contributed by atoms with Crippen LogP contribution in [0.5, 0.6) is 0 Å². The molecule has 1 N–H and O–H groups in total. The molecular weight excluding hydrogens is 274 g/mol. The molecule has 0 spiro atoms. The number of halogens is 1. The lowest BCUT2D eigenvalue weighted by Crippen LogP contribution is -2.27. The molecule has 1 unspecified atom stereocenters. The highest BCUT2D eigenvalue weighted by atomic mass is 35.5. The fourth-order valence-corrected chi connectivity index (χ4v) is 2.36. The molecular formula is C14H20ClN5. The minimum atomic E-state index is -0.0963. The van der Waals surface area contributed by atoms with Crippen molar-refractivity contribution < 1.29 is 0 Å². The summed E-state index contributed by atoms with van der Waals surface area (Å²) in [6.07, 6.45) is 7.85. The van der Waals surface area contributed by atoms with E-state index in [-0.39, 0.29) is 12.1 Å². The van der Waals surface area contributed by atoms with Gasteiger partial charge in [0.15, 0.2) is 0 Å². The van der Waals surface area contributed by atoms with Crippen LogP contribution in [-0.4, -0.2) is 26.3 Å². The van der Waals surface area contributed by atoms with E-state index in [9.17, 15) is 0 Å². The quantitative estimate of drug-likeness (QED) is 0.889. The van der Waals surface area contributed by atoms with Gasteiger partial charge in [-0.05, 0) is 26.8 Å². The summed E-state index contributed by atoms with van der Waals surface area (Å²) in [6, 6.07) is 0.140. The molecule has 0 fully saturated rings. The topological polar surface area (TPSA) is 55.6 Å². The maximum atomic E-state index is 6.34. The Balaban J connectivity index is 2.44. The Kier molecular flexibility index (Phi) is 5.09. The number of rotatable bonds is 6. The number of nitrogens with zero attached hydrogens (tertiary/aromatic N) is 4. The van der Waals surface area contributed by atoms with Gasteiger partial charge < -0.3 is 5.32 Å². The third kappa shape index (κ3) is 3.16. The minimum Gasteiger partial charge on any atom is -0.304 e. The number of hydrogen-bond acceptors (Lipinski definition) is 4. The summed E-state index contributed by atoms with van der Waals surface area (Å²) in [4.78, 5) is 8.56. The molecule has 0 radical (unpaired) electrons. The third-order valence-electron chi connectivity index (χ3n) is 3.03. The van der Waals surface area contributed by atoms with Gasteiger partial charge in [0, 0.05) is 18.4 Å². The Hall–Kier alpha value is -1.46. The second-order valence-electron chi connectivity index (χ2n) is 4.93. The maximum Gasteiger partial charge on any atom is 0.0953 e. The van der Waals surface area contributed by atoms with E-state index in [1.807, 2.05) is 4.68 Å². The molecule has 0 saturated heterocycles. The van der Waals surface area contributed by atoms with Crippen LogP contribution in [0.1, 0.15) is 50.7 Å². The van der Waals surface area contributed by atoms with E-state index in [0.717, 1.165) is 24.4 Å². The molecule has 5 nitrogen and oxygen atoms in total. The summed E-state index contributed by atoms with van der Waals surface area (Å²) >= 11 is 6.34. The highest BCUT2D eigenvalue weighted by molar-refractivity contribution is 6.31. The van der Waals surface area contributed by atoms with Crippen LogP contribution >= 0.6 is 11.6 Å². The SMILES string of the molecule is CCCNC(c1cnccn1)c1c(Cl)cnn1C(C)C. The normalized spacial score (nSPS) is 12.8. The van der Waals surface area contributed by atoms with E-state index in [4.69, 9.17) is 11.6 Å². The van der Waals surface area contributed by atoms with Gasteiger partial charge >= 0.3 is 0 Å². The van der Waals surface area contributed by atoms with Crippen LogP contribution in [-0.2, 0) is 0 Å². The molecule has 0 aliphatic rings. The third-order valence-corrected chi connectivity index (χ3v) is 3.32. The summed E-state index contributed by atoms with van der Waals surface area (Å²) in [6.45, 7) is 7.17. The lowest BCUT2D eigenvalue weighted by molar-refractivity contribution is 0.467. The molecule has 6 heteroatoms. The van der Waals surface area contributed by atoms with Gasteiger partial charge in [-0.15, -0.1) is 0 Å². The van der Waals surface area contributed by atoms with E-state index in [2.05, 4.69) is 41.2 Å². The molecule has 1 atom stereocenters. The Morgan fingerprint density at radius 2 is 2.10 bits per heavy atom. The van der Waals surface area contributed by atoms with Crippen LogP contribution in [0, 0.1) is 0 Å². The molecule has 2 rings (SSSR count). The van der Waals surface area contributed by atoms with E-state index in [1.165, 1.54) is 0 Å². The zero-order valence-electron chi connectivity index (χ0n) is 12.0. The van der Waals surface area contributed by atoms with Crippen molar-refractivity contribution in [2.24, 2.45) is 0 Å². The molecule has 2 aromatic heterocycles. The molecule has 0 saturated carbocycles. The first kappa shape index (κ1) is 14.9. The molecule has 0 bridgehead atoms. The highest BCUT2D eigenvalue weighted by Crippen LogP contribution is 2.29. The van der Waals surface area contributed by atoms with Crippen molar-refractivity contribution in [3.8, 4) is 0 Å². The van der Waals surface area contributed by atoms with Crippen molar-refractivity contribution in [3.63, 3.8) is 0 Å². The first-order valence-corrected chi connectivity index (χ1v) is 7.25. The van der Waals surface area contributed by atoms with Crippen LogP contribution in [0.4, 0.5) is 0 Å². The fourth-order valence-electron chi connectivity index (χ4n) is 2.12. The van der Waals surface area contributed by atoms with E-state index in [1.54, 1.807) is 24.8 Å². The van der Waals surface area contributed by atoms with Gasteiger partial charge in [-0.1, -0.05) is 18.5 Å². The van der Waals surface area contributed by atoms with Crippen LogP contribution < -0.4 is 5.32 Å². The van der Waals surface area contributed by atoms with Crippen LogP contribution in [0.3, 0.4) is 0 Å². The van der Waals surface area contributed by atoms with Crippen molar-refractivity contribution in [1.82, 2.24) is 25.1 Å². The van der Waals surface area contributed by atoms with Gasteiger partial charge in [-0.3, -0.25) is 14.6 Å². The second kappa shape index (κ2) is 6.81. The summed E-state index contributed by atoms with van der Waals surface area (Å²) in [5.74, 6) is 0. The first-order valence-electron chi connectivity index (χ1n) is 6.87. The molecule has 2 heterocycles. The van der Waals surface area contributed by atoms with Gasteiger partial charge in [-0.25, -0.2) is 0 Å². The zero-order chi connectivity index (χ0) is 14.5. The first-order chi connectivity index (χ1) is 9.65. The van der Waals surface area contributed by atoms with Crippen molar-refractivity contribution in [2.45, 2.75) is 39.3 Å². The van der Waals surface area contributed by atoms with Crippen molar-refractivity contribution in [3.05, 3.63) is 41.2 Å². The maximum absolute atomic E-state index is 6.34. The molecule has 2 aromatic rings. The van der Waals surface area contributed by atoms with Gasteiger partial charge in [-0.2, -0.15) is 5.10 Å². The van der Waals surface area contributed by atoms with Crippen LogP contribution in [0.25, 0.3) is 0 Å². The number of hydrogen-bond donors (Lipinski definition) is 1. The van der Waals surface area contributed by atoms with Crippen LogP contribution in [0.15, 0.2) is 24.8 Å². The zero-order valence-corrected chi connectivity index (χ0v) is 12.8. The second-order valence-corrected chi connectivity index (χ2v) is 5.34. The van der Waals surface area contributed by atoms with Gasteiger partial charge in [0.25, 0.3) is 0 Å². The predicted molar refractivity (Wildman–Crippen MR) is 79.8 cm³/mol. The molecule has 20 heavy (non-hydrogen) atoms. The summed E-state index contributed by atoms with van der Waals surface area (Å²) in [7, 11) is 0. The summed E-state index contributed by atoms with van der Waals surface area (Å²) < 4.78 is 1.93. The van der Waals surface area contributed by atoms with Crippen LogP contribution in [0.2, 0.25) is 5.02 Å². The van der Waals surface area contributed by atoms with Gasteiger partial charge in [0.1, 0.15) is 0 Å². The molecule has 0 amide bonds. The standard InChI is InChI=1S/C14H20ClN5/c1-4-5-18-13(12-9-16-6-7-17-12)14-11(15)8-19-20(14)10(2)3/h6-10,13,18H,4-5H2,1-3H3. The Morgan fingerprint density at radius 3 is 2.70 bits per heavy atom. The Labute approximate surface area is 124 Å². The molecule has 0 aliphatic heterocycles.